The summed E-state index contributed by atoms with van der Waals surface area (Å²) in [5.41, 5.74) is 1.97. The van der Waals surface area contributed by atoms with Crippen molar-refractivity contribution in [2.75, 3.05) is 5.32 Å². The minimum absolute atomic E-state index is 0.0499. The lowest BCUT2D eigenvalue weighted by atomic mass is 10.1. The molecule has 2 aromatic rings. The molecule has 4 heteroatoms. The van der Waals surface area contributed by atoms with Gasteiger partial charge in [-0.15, -0.1) is 0 Å². The van der Waals surface area contributed by atoms with Crippen LogP contribution in [0.2, 0.25) is 0 Å². The maximum atomic E-state index is 12.5. The fourth-order valence-corrected chi connectivity index (χ4v) is 1.91. The molecule has 0 saturated heterocycles. The minimum Gasteiger partial charge on any atom is -0.491 e. The Labute approximate surface area is 123 Å². The van der Waals surface area contributed by atoms with Gasteiger partial charge >= 0.3 is 0 Å². The smallest absolute Gasteiger partial charge is 0.263 e. The van der Waals surface area contributed by atoms with Crippen molar-refractivity contribution in [3.05, 3.63) is 59.7 Å². The Kier molecular flexibility index (Phi) is 5.14. The van der Waals surface area contributed by atoms with Crippen molar-refractivity contribution >= 4 is 5.69 Å². The van der Waals surface area contributed by atoms with Crippen LogP contribution in [0.5, 0.6) is 5.75 Å². The first-order valence-corrected chi connectivity index (χ1v) is 6.92. The average Bonchev–Trinajstić information content (AvgIpc) is 2.46. The second kappa shape index (κ2) is 7.07. The highest BCUT2D eigenvalue weighted by Crippen LogP contribution is 2.20. The van der Waals surface area contributed by atoms with Gasteiger partial charge < -0.3 is 10.1 Å². The topological polar surface area (TPSA) is 21.3 Å². The Bertz CT molecular complexity index is 550. The van der Waals surface area contributed by atoms with Crippen LogP contribution in [0.1, 0.15) is 31.4 Å². The zero-order valence-electron chi connectivity index (χ0n) is 12.1. The molecule has 2 nitrogen and oxygen atoms in total. The van der Waals surface area contributed by atoms with E-state index in [9.17, 15) is 8.78 Å². The van der Waals surface area contributed by atoms with Crippen LogP contribution < -0.4 is 10.1 Å². The van der Waals surface area contributed by atoms with E-state index < -0.39 is 6.43 Å². The number of benzene rings is 2. The van der Waals surface area contributed by atoms with Gasteiger partial charge in [0, 0.05) is 17.8 Å². The molecule has 0 aliphatic heterocycles. The third kappa shape index (κ3) is 4.74. The predicted molar refractivity (Wildman–Crippen MR) is 80.9 cm³/mol. The van der Waals surface area contributed by atoms with Gasteiger partial charge in [0.1, 0.15) is 5.75 Å². The monoisotopic (exact) mass is 291 g/mol. The van der Waals surface area contributed by atoms with E-state index in [1.165, 1.54) is 12.1 Å². The molecule has 2 rings (SSSR count). The predicted octanol–water partition coefficient (Wildman–Crippen LogP) is 5.02. The molecule has 2 aromatic carbocycles. The van der Waals surface area contributed by atoms with Gasteiger partial charge in [-0.25, -0.2) is 8.78 Å². The Morgan fingerprint density at radius 2 is 1.57 bits per heavy atom. The number of rotatable bonds is 6. The molecule has 0 aromatic heterocycles. The van der Waals surface area contributed by atoms with Gasteiger partial charge in [-0.1, -0.05) is 24.3 Å². The molecule has 0 aliphatic carbocycles. The number of hydrogen-bond donors (Lipinski definition) is 1. The van der Waals surface area contributed by atoms with Crippen LogP contribution in [0.15, 0.2) is 48.5 Å². The van der Waals surface area contributed by atoms with Crippen LogP contribution in [0.4, 0.5) is 14.5 Å². The molecule has 21 heavy (non-hydrogen) atoms. The maximum Gasteiger partial charge on any atom is 0.263 e. The maximum absolute atomic E-state index is 12.5. The number of hydrogen-bond acceptors (Lipinski definition) is 2. The van der Waals surface area contributed by atoms with Gasteiger partial charge in [-0.3, -0.25) is 0 Å². The molecule has 1 N–H and O–H groups in total. The van der Waals surface area contributed by atoms with Crippen molar-refractivity contribution in [3.8, 4) is 5.75 Å². The standard InChI is InChI=1S/C17H19F2NO/c1-12(2)21-16-9-7-15(8-10-16)20-11-13-3-5-14(6-4-13)17(18)19/h3-10,12,17,20H,11H2,1-2H3. The van der Waals surface area contributed by atoms with Crippen LogP contribution >= 0.6 is 0 Å². The van der Waals surface area contributed by atoms with Crippen molar-refractivity contribution in [3.63, 3.8) is 0 Å². The quantitative estimate of drug-likeness (QED) is 0.806. The van der Waals surface area contributed by atoms with E-state index in [0.29, 0.717) is 6.54 Å². The largest absolute Gasteiger partial charge is 0.491 e. The zero-order chi connectivity index (χ0) is 15.2. The molecule has 0 heterocycles. The summed E-state index contributed by atoms with van der Waals surface area (Å²) in [5.74, 6) is 0.830. The Hall–Kier alpha value is -2.10. The summed E-state index contributed by atoms with van der Waals surface area (Å²) >= 11 is 0. The Morgan fingerprint density at radius 1 is 0.952 bits per heavy atom. The molecular weight excluding hydrogens is 272 g/mol. The van der Waals surface area contributed by atoms with Gasteiger partial charge in [0.15, 0.2) is 0 Å². The van der Waals surface area contributed by atoms with Crippen LogP contribution in [0.3, 0.4) is 0 Å². The van der Waals surface area contributed by atoms with Crippen molar-refractivity contribution in [2.24, 2.45) is 0 Å². The number of alkyl halides is 2. The third-order valence-electron chi connectivity index (χ3n) is 2.95. The summed E-state index contributed by atoms with van der Waals surface area (Å²) < 4.78 is 30.5. The summed E-state index contributed by atoms with van der Waals surface area (Å²) in [6, 6.07) is 14.0. The van der Waals surface area contributed by atoms with Gasteiger partial charge in [0.25, 0.3) is 6.43 Å². The lowest BCUT2D eigenvalue weighted by Gasteiger charge is -2.11. The SMILES string of the molecule is CC(C)Oc1ccc(NCc2ccc(C(F)F)cc2)cc1. The molecule has 0 amide bonds. The molecule has 0 saturated carbocycles. The Morgan fingerprint density at radius 3 is 2.10 bits per heavy atom. The van der Waals surface area contributed by atoms with E-state index in [4.69, 9.17) is 4.74 Å². The lowest BCUT2D eigenvalue weighted by molar-refractivity contribution is 0.151. The van der Waals surface area contributed by atoms with E-state index in [2.05, 4.69) is 5.32 Å². The van der Waals surface area contributed by atoms with Crippen LogP contribution in [-0.2, 0) is 6.54 Å². The average molecular weight is 291 g/mol. The van der Waals surface area contributed by atoms with E-state index in [1.54, 1.807) is 12.1 Å². The second-order valence-corrected chi connectivity index (χ2v) is 5.09. The number of halogens is 2. The van der Waals surface area contributed by atoms with E-state index >= 15 is 0 Å². The zero-order valence-corrected chi connectivity index (χ0v) is 12.1. The highest BCUT2D eigenvalue weighted by atomic mass is 19.3. The minimum atomic E-state index is -2.42. The van der Waals surface area contributed by atoms with Gasteiger partial charge in [0.2, 0.25) is 0 Å². The fraction of sp³-hybridized carbons (Fsp3) is 0.294. The molecule has 0 bridgehead atoms. The highest BCUT2D eigenvalue weighted by molar-refractivity contribution is 5.46. The van der Waals surface area contributed by atoms with Gasteiger partial charge in [-0.2, -0.15) is 0 Å². The Balaban J connectivity index is 1.90. The fourth-order valence-electron chi connectivity index (χ4n) is 1.91. The van der Waals surface area contributed by atoms with Gasteiger partial charge in [-0.05, 0) is 43.7 Å². The summed E-state index contributed by atoms with van der Waals surface area (Å²) in [5, 5.41) is 3.25. The van der Waals surface area contributed by atoms with Gasteiger partial charge in [0.05, 0.1) is 6.10 Å². The number of anilines is 1. The van der Waals surface area contributed by atoms with Crippen LogP contribution in [0.25, 0.3) is 0 Å². The first kappa shape index (κ1) is 15.3. The molecule has 0 aliphatic rings. The third-order valence-corrected chi connectivity index (χ3v) is 2.95. The van der Waals surface area contributed by atoms with Crippen molar-refractivity contribution < 1.29 is 13.5 Å². The van der Waals surface area contributed by atoms with Crippen molar-refractivity contribution in [2.45, 2.75) is 32.9 Å². The molecule has 0 fully saturated rings. The molecule has 0 unspecified atom stereocenters. The van der Waals surface area contributed by atoms with E-state index in [1.807, 2.05) is 38.1 Å². The van der Waals surface area contributed by atoms with E-state index in [-0.39, 0.29) is 11.7 Å². The highest BCUT2D eigenvalue weighted by Gasteiger charge is 2.05. The first-order chi connectivity index (χ1) is 10.0. The second-order valence-electron chi connectivity index (χ2n) is 5.09. The molecule has 112 valence electrons. The molecule has 0 atom stereocenters. The van der Waals surface area contributed by atoms with Crippen molar-refractivity contribution in [1.82, 2.24) is 0 Å². The molecule has 0 radical (unpaired) electrons. The summed E-state index contributed by atoms with van der Waals surface area (Å²) in [6.07, 6.45) is -2.27. The summed E-state index contributed by atoms with van der Waals surface area (Å²) in [6.45, 7) is 4.55. The molecular formula is C17H19F2NO. The number of nitrogens with one attached hydrogen (secondary N) is 1. The summed E-state index contributed by atoms with van der Waals surface area (Å²) in [4.78, 5) is 0. The molecule has 0 spiro atoms. The van der Waals surface area contributed by atoms with E-state index in [0.717, 1.165) is 17.0 Å². The van der Waals surface area contributed by atoms with Crippen LogP contribution in [0, 0.1) is 0 Å². The number of ether oxygens (including phenoxy) is 1. The normalized spacial score (nSPS) is 11.0. The first-order valence-electron chi connectivity index (χ1n) is 6.92. The lowest BCUT2D eigenvalue weighted by Crippen LogP contribution is -2.05. The summed E-state index contributed by atoms with van der Waals surface area (Å²) in [7, 11) is 0. The van der Waals surface area contributed by atoms with Crippen molar-refractivity contribution in [1.29, 1.82) is 0 Å². The van der Waals surface area contributed by atoms with Crippen LogP contribution in [-0.4, -0.2) is 6.10 Å².